The van der Waals surface area contributed by atoms with Crippen LogP contribution in [0.15, 0.2) is 12.2 Å². The van der Waals surface area contributed by atoms with E-state index in [0.717, 1.165) is 0 Å². The lowest BCUT2D eigenvalue weighted by Gasteiger charge is -2.03. The van der Waals surface area contributed by atoms with E-state index in [1.807, 2.05) is 0 Å². The van der Waals surface area contributed by atoms with Crippen molar-refractivity contribution in [1.29, 1.82) is 0 Å². The van der Waals surface area contributed by atoms with Crippen LogP contribution in [-0.4, -0.2) is 21.2 Å². The molecule has 2 nitrogen and oxygen atoms in total. The molecule has 0 spiro atoms. The summed E-state index contributed by atoms with van der Waals surface area (Å²) in [6, 6.07) is 0. The smallest absolute Gasteiger partial charge is 0.333 e. The van der Waals surface area contributed by atoms with Crippen molar-refractivity contribution in [2.24, 2.45) is 0 Å². The van der Waals surface area contributed by atoms with Gasteiger partial charge in [0.05, 0.1) is 7.11 Å². The largest absolute Gasteiger partial charge is 0.466 e. The Morgan fingerprint density at radius 2 is 2.00 bits per heavy atom. The normalized spacial score (nSPS) is 10.0. The van der Waals surface area contributed by atoms with Crippen LogP contribution in [0.25, 0.3) is 0 Å². The summed E-state index contributed by atoms with van der Waals surface area (Å²) in [5.74, 6) is 2.74. The average Bonchev–Trinajstić information content (AvgIpc) is 2.09. The van der Waals surface area contributed by atoms with Gasteiger partial charge in [-0.25, -0.2) is 4.79 Å². The van der Waals surface area contributed by atoms with Crippen molar-refractivity contribution in [2.45, 2.75) is 32.5 Å². The minimum atomic E-state index is -1.27. The Balaban J connectivity index is 3.90. The number of ether oxygens (including phenoxy) is 1. The van der Waals surface area contributed by atoms with E-state index in [-0.39, 0.29) is 5.97 Å². The molecule has 0 radical (unpaired) electrons. The zero-order valence-corrected chi connectivity index (χ0v) is 10.4. The first-order valence-electron chi connectivity index (χ1n) is 4.63. The molecule has 0 aliphatic rings. The summed E-state index contributed by atoms with van der Waals surface area (Å²) in [6.45, 7) is 10.2. The maximum Gasteiger partial charge on any atom is 0.333 e. The molecule has 0 saturated carbocycles. The summed E-state index contributed by atoms with van der Waals surface area (Å²) < 4.78 is 4.53. The van der Waals surface area contributed by atoms with Gasteiger partial charge in [0.15, 0.2) is 0 Å². The number of hydrogen-bond donors (Lipinski definition) is 0. The molecule has 0 amide bonds. The Morgan fingerprint density at radius 1 is 1.43 bits per heavy atom. The molecule has 0 aromatic heterocycles. The van der Waals surface area contributed by atoms with Crippen LogP contribution in [0, 0.1) is 11.5 Å². The first-order chi connectivity index (χ1) is 6.37. The highest BCUT2D eigenvalue weighted by molar-refractivity contribution is 6.83. The van der Waals surface area contributed by atoms with E-state index in [2.05, 4.69) is 42.4 Å². The lowest BCUT2D eigenvalue weighted by molar-refractivity contribution is -0.136. The zero-order chi connectivity index (χ0) is 11.2. The van der Waals surface area contributed by atoms with Gasteiger partial charge < -0.3 is 4.74 Å². The van der Waals surface area contributed by atoms with Gasteiger partial charge in [0.1, 0.15) is 8.07 Å². The van der Waals surface area contributed by atoms with Crippen LogP contribution in [-0.2, 0) is 9.53 Å². The van der Waals surface area contributed by atoms with Gasteiger partial charge in [-0.3, -0.25) is 0 Å². The molecule has 3 heteroatoms. The fourth-order valence-electron chi connectivity index (χ4n) is 0.787. The van der Waals surface area contributed by atoms with Crippen molar-refractivity contribution in [3.8, 4) is 11.5 Å². The molecule has 0 aromatic carbocycles. The van der Waals surface area contributed by atoms with Crippen LogP contribution < -0.4 is 0 Å². The molecule has 14 heavy (non-hydrogen) atoms. The first kappa shape index (κ1) is 13.0. The predicted octanol–water partition coefficient (Wildman–Crippen LogP) is 2.38. The third-order valence-electron chi connectivity index (χ3n) is 1.49. The molecule has 0 saturated heterocycles. The highest BCUT2D eigenvalue weighted by Gasteiger charge is 2.08. The fraction of sp³-hybridized carbons (Fsp3) is 0.545. The van der Waals surface area contributed by atoms with E-state index >= 15 is 0 Å². The molecule has 0 unspecified atom stereocenters. The van der Waals surface area contributed by atoms with Gasteiger partial charge in [-0.15, -0.1) is 11.5 Å². The molecule has 0 fully saturated rings. The Hall–Kier alpha value is -1.01. The Morgan fingerprint density at radius 3 is 2.43 bits per heavy atom. The van der Waals surface area contributed by atoms with Crippen LogP contribution in [0.5, 0.6) is 0 Å². The van der Waals surface area contributed by atoms with E-state index < -0.39 is 8.07 Å². The molecule has 0 bridgehead atoms. The van der Waals surface area contributed by atoms with Gasteiger partial charge in [-0.05, 0) is 6.42 Å². The Labute approximate surface area is 87.4 Å². The molecular formula is C11H18O2Si. The third kappa shape index (κ3) is 6.50. The standard InChI is InChI=1S/C11H18O2Si/c1-10(11(12)13-2)8-6-7-9-14(3,4)5/h1,6,8H2,2-5H3. The Bertz CT molecular complexity index is 276. The van der Waals surface area contributed by atoms with Crippen molar-refractivity contribution < 1.29 is 9.53 Å². The Kier molecular flexibility index (Phi) is 5.25. The van der Waals surface area contributed by atoms with Crippen molar-refractivity contribution in [3.05, 3.63) is 12.2 Å². The SMILES string of the molecule is C=C(CCC#C[Si](C)(C)C)C(=O)OC. The number of methoxy groups -OCH3 is 1. The first-order valence-corrected chi connectivity index (χ1v) is 8.13. The molecule has 0 aliphatic heterocycles. The fourth-order valence-corrected chi connectivity index (χ4v) is 1.44. The van der Waals surface area contributed by atoms with Crippen LogP contribution in [0.1, 0.15) is 12.8 Å². The monoisotopic (exact) mass is 210 g/mol. The van der Waals surface area contributed by atoms with E-state index in [4.69, 9.17) is 0 Å². The maximum absolute atomic E-state index is 10.9. The molecule has 0 N–H and O–H groups in total. The van der Waals surface area contributed by atoms with Gasteiger partial charge in [-0.2, -0.15) is 0 Å². The van der Waals surface area contributed by atoms with E-state index in [9.17, 15) is 4.79 Å². The van der Waals surface area contributed by atoms with Crippen LogP contribution in [0.3, 0.4) is 0 Å². The highest BCUT2D eigenvalue weighted by Crippen LogP contribution is 2.04. The molecule has 0 aromatic rings. The summed E-state index contributed by atoms with van der Waals surface area (Å²) >= 11 is 0. The van der Waals surface area contributed by atoms with Gasteiger partial charge >= 0.3 is 5.97 Å². The summed E-state index contributed by atoms with van der Waals surface area (Å²) in [5.41, 5.74) is 3.73. The molecule has 0 heterocycles. The van der Waals surface area contributed by atoms with E-state index in [1.54, 1.807) is 0 Å². The lowest BCUT2D eigenvalue weighted by Crippen LogP contribution is -2.16. The summed E-state index contributed by atoms with van der Waals surface area (Å²) in [6.07, 6.45) is 1.29. The van der Waals surface area contributed by atoms with Gasteiger partial charge in [-0.1, -0.05) is 26.2 Å². The molecule has 78 valence electrons. The number of carbonyl (C=O) groups is 1. The third-order valence-corrected chi connectivity index (χ3v) is 2.42. The number of carbonyl (C=O) groups excluding carboxylic acids is 1. The average molecular weight is 210 g/mol. The van der Waals surface area contributed by atoms with Crippen LogP contribution in [0.2, 0.25) is 19.6 Å². The minimum Gasteiger partial charge on any atom is -0.466 e. The zero-order valence-electron chi connectivity index (χ0n) is 9.44. The van der Waals surface area contributed by atoms with Crippen molar-refractivity contribution in [2.75, 3.05) is 7.11 Å². The van der Waals surface area contributed by atoms with Crippen molar-refractivity contribution in [1.82, 2.24) is 0 Å². The molecule has 0 aliphatic carbocycles. The second-order valence-electron chi connectivity index (χ2n) is 4.15. The lowest BCUT2D eigenvalue weighted by atomic mass is 10.2. The van der Waals surface area contributed by atoms with E-state index in [1.165, 1.54) is 7.11 Å². The van der Waals surface area contributed by atoms with E-state index in [0.29, 0.717) is 18.4 Å². The highest BCUT2D eigenvalue weighted by atomic mass is 28.3. The van der Waals surface area contributed by atoms with Crippen molar-refractivity contribution >= 4 is 14.0 Å². The number of rotatable bonds is 3. The summed E-state index contributed by atoms with van der Waals surface area (Å²) in [7, 11) is 0.0907. The summed E-state index contributed by atoms with van der Waals surface area (Å²) in [5, 5.41) is 0. The number of hydrogen-bond acceptors (Lipinski definition) is 2. The molecule has 0 atom stereocenters. The van der Waals surface area contributed by atoms with Gasteiger partial charge in [0.2, 0.25) is 0 Å². The number of esters is 1. The van der Waals surface area contributed by atoms with Crippen molar-refractivity contribution in [3.63, 3.8) is 0 Å². The second-order valence-corrected chi connectivity index (χ2v) is 8.90. The minimum absolute atomic E-state index is 0.334. The summed E-state index contributed by atoms with van der Waals surface area (Å²) in [4.78, 5) is 10.9. The second kappa shape index (κ2) is 5.66. The molecule has 0 rings (SSSR count). The van der Waals surface area contributed by atoms with Crippen LogP contribution >= 0.6 is 0 Å². The quantitative estimate of drug-likeness (QED) is 0.309. The van der Waals surface area contributed by atoms with Gasteiger partial charge in [0.25, 0.3) is 0 Å². The predicted molar refractivity (Wildman–Crippen MR) is 61.5 cm³/mol. The maximum atomic E-state index is 10.9. The van der Waals surface area contributed by atoms with Gasteiger partial charge in [0, 0.05) is 12.0 Å². The molecular weight excluding hydrogens is 192 g/mol. The van der Waals surface area contributed by atoms with Crippen LogP contribution in [0.4, 0.5) is 0 Å². The topological polar surface area (TPSA) is 26.3 Å².